The van der Waals surface area contributed by atoms with E-state index in [2.05, 4.69) is 148 Å². The van der Waals surface area contributed by atoms with E-state index in [9.17, 15) is 0 Å². The van der Waals surface area contributed by atoms with Gasteiger partial charge in [0.1, 0.15) is 5.84 Å². The number of hydrogen-bond donors (Lipinski definition) is 3. The first-order valence-corrected chi connectivity index (χ1v) is 22.7. The first-order valence-electron chi connectivity index (χ1n) is 22.7. The van der Waals surface area contributed by atoms with Crippen LogP contribution in [0.5, 0.6) is 0 Å². The largest absolute Gasteiger partial charge is 0.398 e. The molecule has 5 N–H and O–H groups in total. The second-order valence-electron chi connectivity index (χ2n) is 15.7. The summed E-state index contributed by atoms with van der Waals surface area (Å²) in [5.74, 6) is 1.23. The molecule has 5 aromatic rings. The van der Waals surface area contributed by atoms with E-state index in [0.29, 0.717) is 11.4 Å². The Morgan fingerprint density at radius 1 is 0.873 bits per heavy atom. The molecule has 0 saturated heterocycles. The Bertz CT molecular complexity index is 2710. The average molecular weight is 834 g/mol. The maximum absolute atomic E-state index is 8.59. The molecule has 0 spiro atoms. The first kappa shape index (κ1) is 47.3. The summed E-state index contributed by atoms with van der Waals surface area (Å²) in [5.41, 5.74) is 27.8. The van der Waals surface area contributed by atoms with Gasteiger partial charge < -0.3 is 16.0 Å². The van der Waals surface area contributed by atoms with Crippen LogP contribution in [0.25, 0.3) is 62.4 Å². The molecule has 0 amide bonds. The number of hydrogen-bond acceptors (Lipinski definition) is 2. The smallest absolute Gasteiger partial charge is 0.154 e. The zero-order valence-corrected chi connectivity index (χ0v) is 38.8. The van der Waals surface area contributed by atoms with Crippen LogP contribution in [-0.4, -0.2) is 16.2 Å². The maximum atomic E-state index is 8.59. The average Bonchev–Trinajstić information content (AvgIpc) is 3.64. The minimum absolute atomic E-state index is 0.130. The van der Waals surface area contributed by atoms with Crippen LogP contribution in [-0.2, 0) is 0 Å². The molecule has 2 aliphatic rings. The Hall–Kier alpha value is -6.72. The molecule has 5 nitrogen and oxygen atoms in total. The lowest BCUT2D eigenvalue weighted by Gasteiger charge is -2.15. The number of nitrogens with one attached hydrogen (secondary N) is 1. The molecular formula is C58H67N5. The molecule has 1 unspecified atom stereocenters. The van der Waals surface area contributed by atoms with Gasteiger partial charge in [0.2, 0.25) is 0 Å². The third-order valence-corrected chi connectivity index (χ3v) is 11.2. The molecule has 4 aromatic carbocycles. The number of nitrogens with zero attached hydrogens (tertiary/aromatic N) is 2. The fourth-order valence-electron chi connectivity index (χ4n) is 7.94. The van der Waals surface area contributed by atoms with Gasteiger partial charge >= 0.3 is 0 Å². The Kier molecular flexibility index (Phi) is 17.2. The van der Waals surface area contributed by atoms with E-state index in [1.54, 1.807) is 0 Å². The molecule has 0 radical (unpaired) electrons. The number of fused-ring (bicyclic) bond motifs is 3. The number of nitrogens with two attached hydrogens (primary N) is 2. The number of amidine groups is 2. The highest BCUT2D eigenvalue weighted by Gasteiger charge is 2.18. The molecule has 324 valence electrons. The van der Waals surface area contributed by atoms with E-state index in [-0.39, 0.29) is 5.84 Å². The molecule has 2 aliphatic carbocycles. The highest BCUT2D eigenvalue weighted by molar-refractivity contribution is 6.14. The summed E-state index contributed by atoms with van der Waals surface area (Å²) in [6.07, 6.45) is 32.8. The van der Waals surface area contributed by atoms with Crippen molar-refractivity contribution in [3.8, 4) is 11.1 Å². The third-order valence-electron chi connectivity index (χ3n) is 11.2. The number of allylic oxidation sites excluding steroid dienone is 12. The number of rotatable bonds is 11. The molecular weight excluding hydrogens is 767 g/mol. The standard InChI is InChI=1S/C48H49N5.C8H12.C2H6/c1-6-14-34-23-27-43-42-26-24-38(31-45(42)53(46(43)41(34)10-5)40-17-12-11-13-18-40)37-25-28-44(49)39(30-37)29-32(9-4)33-19-21-36(22-20-33)48(51)52-47(50)35(15-7-2)16-8-3;1-7-3-5-8(2)6-4-7;1-2/h6-7,10,12,14-31H,5,8-9,11,13,49H2,1-4H3,(H3,50,51,52);3-5,8H,6H2,1-2H3;1-2H3/b14-6-,15-7-,32-29+,35-16+;;. The number of benzene rings is 4. The minimum Gasteiger partial charge on any atom is -0.398 e. The van der Waals surface area contributed by atoms with Crippen molar-refractivity contribution >= 4 is 68.7 Å². The van der Waals surface area contributed by atoms with Crippen molar-refractivity contribution in [3.05, 3.63) is 179 Å². The van der Waals surface area contributed by atoms with Gasteiger partial charge in [-0.1, -0.05) is 168 Å². The zero-order valence-electron chi connectivity index (χ0n) is 38.8. The number of aliphatic imine (C=N–C) groups is 1. The van der Waals surface area contributed by atoms with Gasteiger partial charge in [-0.15, -0.1) is 0 Å². The van der Waals surface area contributed by atoms with Gasteiger partial charge in [0, 0.05) is 38.9 Å². The van der Waals surface area contributed by atoms with Gasteiger partial charge in [-0.3, -0.25) is 5.41 Å². The van der Waals surface area contributed by atoms with Gasteiger partial charge in [0.15, 0.2) is 5.84 Å². The predicted molar refractivity (Wildman–Crippen MR) is 281 cm³/mol. The van der Waals surface area contributed by atoms with Gasteiger partial charge in [-0.25, -0.2) is 4.99 Å². The van der Waals surface area contributed by atoms with Crippen LogP contribution in [0.3, 0.4) is 0 Å². The van der Waals surface area contributed by atoms with Crippen LogP contribution >= 0.6 is 0 Å². The van der Waals surface area contributed by atoms with E-state index in [1.807, 2.05) is 75.4 Å². The van der Waals surface area contributed by atoms with Gasteiger partial charge in [-0.05, 0) is 123 Å². The second-order valence-corrected chi connectivity index (χ2v) is 15.7. The van der Waals surface area contributed by atoms with Crippen molar-refractivity contribution in [2.45, 2.75) is 87.5 Å². The molecule has 1 heterocycles. The summed E-state index contributed by atoms with van der Waals surface area (Å²) in [6.45, 7) is 20.8. The fourth-order valence-corrected chi connectivity index (χ4v) is 7.94. The van der Waals surface area contributed by atoms with E-state index in [0.717, 1.165) is 87.3 Å². The molecule has 5 heteroatoms. The van der Waals surface area contributed by atoms with Crippen molar-refractivity contribution in [2.24, 2.45) is 16.6 Å². The molecule has 0 fully saturated rings. The summed E-state index contributed by atoms with van der Waals surface area (Å²) >= 11 is 0. The van der Waals surface area contributed by atoms with Gasteiger partial charge in [-0.2, -0.15) is 0 Å². The lowest BCUT2D eigenvalue weighted by Crippen LogP contribution is -2.16. The van der Waals surface area contributed by atoms with Crippen molar-refractivity contribution in [1.29, 1.82) is 5.41 Å². The number of anilines is 1. The van der Waals surface area contributed by atoms with Crippen LogP contribution < -0.4 is 11.5 Å². The normalized spacial score (nSPS) is 15.6. The monoisotopic (exact) mass is 834 g/mol. The molecule has 63 heavy (non-hydrogen) atoms. The van der Waals surface area contributed by atoms with Crippen molar-refractivity contribution < 1.29 is 0 Å². The third kappa shape index (κ3) is 11.4. The molecule has 1 atom stereocenters. The van der Waals surface area contributed by atoms with Crippen molar-refractivity contribution in [1.82, 2.24) is 4.57 Å². The number of aromatic nitrogens is 1. The highest BCUT2D eigenvalue weighted by atomic mass is 15.0. The Balaban J connectivity index is 0.000000666. The van der Waals surface area contributed by atoms with Gasteiger partial charge in [0.05, 0.1) is 11.0 Å². The SMILES string of the molecule is C=Cc1c(/C=C\C)ccc2c3ccc(-c4ccc(N)c(/C=C(\CC)c5ccc(C(=N)N=C(N)C(/C=C\C)=C/CC)cc5)c4)cc3n(C3=CCCC=C3)c12.CC.CC1=CCC(C)C=C1. The first-order chi connectivity index (χ1) is 30.6. The predicted octanol–water partition coefficient (Wildman–Crippen LogP) is 16.0. The van der Waals surface area contributed by atoms with E-state index < -0.39 is 0 Å². The molecule has 0 bridgehead atoms. The Morgan fingerprint density at radius 2 is 1.59 bits per heavy atom. The summed E-state index contributed by atoms with van der Waals surface area (Å²) < 4.78 is 2.41. The summed E-state index contributed by atoms with van der Waals surface area (Å²) in [5, 5.41) is 11.0. The minimum atomic E-state index is 0.130. The van der Waals surface area contributed by atoms with E-state index in [1.165, 1.54) is 34.0 Å². The number of nitrogen functional groups attached to an aromatic ring is 1. The van der Waals surface area contributed by atoms with Gasteiger partial charge in [0.25, 0.3) is 0 Å². The van der Waals surface area contributed by atoms with Crippen LogP contribution in [0.4, 0.5) is 5.69 Å². The van der Waals surface area contributed by atoms with Crippen LogP contribution in [0, 0.1) is 11.3 Å². The zero-order chi connectivity index (χ0) is 45.5. The lowest BCUT2D eigenvalue weighted by molar-refractivity contribution is 0.731. The van der Waals surface area contributed by atoms with Crippen LogP contribution in [0.2, 0.25) is 0 Å². The quantitative estimate of drug-likeness (QED) is 0.0406. The lowest BCUT2D eigenvalue weighted by atomic mass is 9.96. The summed E-state index contributed by atoms with van der Waals surface area (Å²) in [4.78, 5) is 4.39. The molecule has 0 saturated carbocycles. The summed E-state index contributed by atoms with van der Waals surface area (Å²) in [7, 11) is 0. The van der Waals surface area contributed by atoms with Crippen molar-refractivity contribution in [3.63, 3.8) is 0 Å². The second kappa shape index (κ2) is 22.9. The molecule has 0 aliphatic heterocycles. The van der Waals surface area contributed by atoms with E-state index in [4.69, 9.17) is 16.9 Å². The van der Waals surface area contributed by atoms with E-state index >= 15 is 0 Å². The van der Waals surface area contributed by atoms with Crippen LogP contribution in [0.1, 0.15) is 115 Å². The Labute approximate surface area is 377 Å². The highest BCUT2D eigenvalue weighted by Crippen LogP contribution is 2.39. The topological polar surface area (TPSA) is 93.2 Å². The maximum Gasteiger partial charge on any atom is 0.154 e. The van der Waals surface area contributed by atoms with Crippen LogP contribution in [0.15, 0.2) is 156 Å². The molecule has 7 rings (SSSR count). The molecule has 1 aromatic heterocycles. The fraction of sp³-hybridized carbons (Fsp3) is 0.241. The van der Waals surface area contributed by atoms with Crippen molar-refractivity contribution in [2.75, 3.05) is 5.73 Å². The Morgan fingerprint density at radius 3 is 2.21 bits per heavy atom. The summed E-state index contributed by atoms with van der Waals surface area (Å²) in [6, 6.07) is 25.5.